The monoisotopic (exact) mass is 351 g/mol. The summed E-state index contributed by atoms with van der Waals surface area (Å²) in [7, 11) is 1.21. The third-order valence-corrected chi connectivity index (χ3v) is 3.61. The van der Waals surface area contributed by atoms with Crippen LogP contribution in [0.2, 0.25) is 0 Å². The van der Waals surface area contributed by atoms with Gasteiger partial charge in [0.05, 0.1) is 18.4 Å². The molecule has 8 heteroatoms. The van der Waals surface area contributed by atoms with Crippen molar-refractivity contribution in [2.24, 2.45) is 0 Å². The van der Waals surface area contributed by atoms with Gasteiger partial charge in [0.2, 0.25) is 5.78 Å². The third kappa shape index (κ3) is 3.57. The Hall–Kier alpha value is -3.03. The molecule has 132 valence electrons. The molecule has 0 atom stereocenters. The largest absolute Gasteiger partial charge is 0.465 e. The van der Waals surface area contributed by atoms with Crippen LogP contribution in [0.3, 0.4) is 0 Å². The van der Waals surface area contributed by atoms with Crippen LogP contribution in [0, 0.1) is 25.5 Å². The number of aromatic amines is 1. The number of nitrogens with one attached hydrogen (secondary N) is 1. The summed E-state index contributed by atoms with van der Waals surface area (Å²) in [6.45, 7) is 2.37. The molecule has 0 fully saturated rings. The number of benzene rings is 1. The van der Waals surface area contributed by atoms with E-state index in [1.54, 1.807) is 6.92 Å². The molecule has 2 rings (SSSR count). The van der Waals surface area contributed by atoms with Gasteiger partial charge >= 0.3 is 11.9 Å². The zero-order chi connectivity index (χ0) is 18.7. The summed E-state index contributed by atoms with van der Waals surface area (Å²) in [5, 5.41) is 0. The summed E-state index contributed by atoms with van der Waals surface area (Å²) in [5.41, 5.74) is 0.142. The zero-order valence-electron chi connectivity index (χ0n) is 13.7. The number of Topliss-reactive ketones (excluding diaryl/α,β-unsaturated/α-hetero) is 1. The van der Waals surface area contributed by atoms with Gasteiger partial charge in [-0.2, -0.15) is 0 Å². The standard InChI is InChI=1S/C17H15F2NO5/c1-8-13(16(22)24-3)9(2)20-15(8)12(21)7-25-17(23)14-10(18)5-4-6-11(14)19/h4-6,20H,7H2,1-3H3. The van der Waals surface area contributed by atoms with Crippen molar-refractivity contribution in [2.45, 2.75) is 13.8 Å². The number of aromatic nitrogens is 1. The highest BCUT2D eigenvalue weighted by molar-refractivity contribution is 6.03. The van der Waals surface area contributed by atoms with Crippen LogP contribution in [0.1, 0.15) is 42.5 Å². The van der Waals surface area contributed by atoms with E-state index in [2.05, 4.69) is 9.72 Å². The van der Waals surface area contributed by atoms with Gasteiger partial charge < -0.3 is 14.5 Å². The fourth-order valence-corrected chi connectivity index (χ4v) is 2.41. The maximum Gasteiger partial charge on any atom is 0.344 e. The number of carbonyl (C=O) groups is 3. The van der Waals surface area contributed by atoms with E-state index >= 15 is 0 Å². The number of esters is 2. The highest BCUT2D eigenvalue weighted by atomic mass is 19.1. The van der Waals surface area contributed by atoms with Gasteiger partial charge in [-0.25, -0.2) is 18.4 Å². The van der Waals surface area contributed by atoms with Gasteiger partial charge in [0, 0.05) is 5.69 Å². The van der Waals surface area contributed by atoms with Crippen molar-refractivity contribution < 1.29 is 32.6 Å². The lowest BCUT2D eigenvalue weighted by Crippen LogP contribution is -2.17. The molecule has 1 heterocycles. The lowest BCUT2D eigenvalue weighted by molar-refractivity contribution is 0.0463. The molecule has 0 radical (unpaired) electrons. The summed E-state index contributed by atoms with van der Waals surface area (Å²) in [6, 6.07) is 2.91. The van der Waals surface area contributed by atoms with E-state index in [-0.39, 0.29) is 11.3 Å². The number of ketones is 1. The van der Waals surface area contributed by atoms with Crippen molar-refractivity contribution in [2.75, 3.05) is 13.7 Å². The van der Waals surface area contributed by atoms with E-state index in [0.29, 0.717) is 11.3 Å². The van der Waals surface area contributed by atoms with E-state index in [1.807, 2.05) is 0 Å². The maximum absolute atomic E-state index is 13.5. The van der Waals surface area contributed by atoms with Gasteiger partial charge in [0.1, 0.15) is 17.2 Å². The molecule has 6 nitrogen and oxygen atoms in total. The van der Waals surface area contributed by atoms with Crippen molar-refractivity contribution in [1.82, 2.24) is 4.98 Å². The topological polar surface area (TPSA) is 85.5 Å². The summed E-state index contributed by atoms with van der Waals surface area (Å²) in [6.07, 6.45) is 0. The molecule has 0 aliphatic heterocycles. The number of rotatable bonds is 5. The molecule has 0 saturated heterocycles. The molecule has 0 bridgehead atoms. The fourth-order valence-electron chi connectivity index (χ4n) is 2.41. The predicted octanol–water partition coefficient (Wildman–Crippen LogP) is 2.74. The van der Waals surface area contributed by atoms with Gasteiger partial charge in [-0.15, -0.1) is 0 Å². The second-order valence-electron chi connectivity index (χ2n) is 5.21. The van der Waals surface area contributed by atoms with Crippen LogP contribution in [0.5, 0.6) is 0 Å². The maximum atomic E-state index is 13.5. The molecular formula is C17H15F2NO5. The van der Waals surface area contributed by atoms with Crippen LogP contribution < -0.4 is 0 Å². The Morgan fingerprint density at radius 1 is 1.04 bits per heavy atom. The second-order valence-corrected chi connectivity index (χ2v) is 5.21. The normalized spacial score (nSPS) is 10.4. The predicted molar refractivity (Wildman–Crippen MR) is 82.6 cm³/mol. The minimum absolute atomic E-state index is 0.0553. The smallest absolute Gasteiger partial charge is 0.344 e. The van der Waals surface area contributed by atoms with Crippen LogP contribution in [-0.4, -0.2) is 36.4 Å². The van der Waals surface area contributed by atoms with E-state index in [9.17, 15) is 23.2 Å². The van der Waals surface area contributed by atoms with E-state index in [4.69, 9.17) is 4.74 Å². The van der Waals surface area contributed by atoms with Crippen molar-refractivity contribution in [3.63, 3.8) is 0 Å². The number of carbonyl (C=O) groups excluding carboxylic acids is 3. The van der Waals surface area contributed by atoms with E-state index in [0.717, 1.165) is 18.2 Å². The molecule has 0 aliphatic rings. The minimum atomic E-state index is -1.29. The molecule has 25 heavy (non-hydrogen) atoms. The highest BCUT2D eigenvalue weighted by Crippen LogP contribution is 2.20. The average molecular weight is 351 g/mol. The highest BCUT2D eigenvalue weighted by Gasteiger charge is 2.24. The molecule has 0 amide bonds. The first-order valence-electron chi connectivity index (χ1n) is 7.19. The lowest BCUT2D eigenvalue weighted by atomic mass is 10.1. The molecule has 2 aromatic rings. The SMILES string of the molecule is COC(=O)c1c(C)[nH]c(C(=O)COC(=O)c2c(F)cccc2F)c1C. The number of hydrogen-bond acceptors (Lipinski definition) is 5. The van der Waals surface area contributed by atoms with Crippen LogP contribution >= 0.6 is 0 Å². The summed E-state index contributed by atoms with van der Waals surface area (Å²) >= 11 is 0. The first-order chi connectivity index (χ1) is 11.8. The summed E-state index contributed by atoms with van der Waals surface area (Å²) < 4.78 is 36.4. The number of hydrogen-bond donors (Lipinski definition) is 1. The third-order valence-electron chi connectivity index (χ3n) is 3.61. The Morgan fingerprint density at radius 3 is 2.20 bits per heavy atom. The lowest BCUT2D eigenvalue weighted by Gasteiger charge is -2.06. The van der Waals surface area contributed by atoms with E-state index in [1.165, 1.54) is 14.0 Å². The number of methoxy groups -OCH3 is 1. The Bertz CT molecular complexity index is 837. The molecule has 0 saturated carbocycles. The van der Waals surface area contributed by atoms with Crippen LogP contribution in [-0.2, 0) is 9.47 Å². The van der Waals surface area contributed by atoms with Gasteiger partial charge in [0.25, 0.3) is 0 Å². The van der Waals surface area contributed by atoms with E-state index < -0.39 is 41.5 Å². The molecule has 1 aromatic heterocycles. The van der Waals surface area contributed by atoms with Crippen LogP contribution in [0.4, 0.5) is 8.78 Å². The number of H-pyrrole nitrogens is 1. The van der Waals surface area contributed by atoms with Crippen molar-refractivity contribution >= 4 is 17.7 Å². The summed E-state index contributed by atoms with van der Waals surface area (Å²) in [5.74, 6) is -4.73. The first kappa shape index (κ1) is 18.3. The molecule has 0 unspecified atom stereocenters. The number of aryl methyl sites for hydroxylation is 1. The molecule has 0 spiro atoms. The fraction of sp³-hybridized carbons (Fsp3) is 0.235. The van der Waals surface area contributed by atoms with Crippen molar-refractivity contribution in [3.05, 3.63) is 57.9 Å². The quantitative estimate of drug-likeness (QED) is 0.661. The second kappa shape index (κ2) is 7.25. The van der Waals surface area contributed by atoms with Crippen LogP contribution in [0.25, 0.3) is 0 Å². The number of halogens is 2. The minimum Gasteiger partial charge on any atom is -0.465 e. The molecule has 0 aliphatic carbocycles. The summed E-state index contributed by atoms with van der Waals surface area (Å²) in [4.78, 5) is 38.4. The Labute approximate surface area is 141 Å². The van der Waals surface area contributed by atoms with Gasteiger partial charge in [-0.1, -0.05) is 6.07 Å². The molecule has 1 N–H and O–H groups in total. The Balaban J connectivity index is 2.16. The Morgan fingerprint density at radius 2 is 1.64 bits per heavy atom. The number of ether oxygens (including phenoxy) is 2. The van der Waals surface area contributed by atoms with Gasteiger partial charge in [-0.3, -0.25) is 4.79 Å². The average Bonchev–Trinajstić information content (AvgIpc) is 2.86. The Kier molecular flexibility index (Phi) is 5.31. The zero-order valence-corrected chi connectivity index (χ0v) is 13.7. The van der Waals surface area contributed by atoms with Gasteiger partial charge in [0.15, 0.2) is 6.61 Å². The molecule has 1 aromatic carbocycles. The van der Waals surface area contributed by atoms with Crippen LogP contribution in [0.15, 0.2) is 18.2 Å². The van der Waals surface area contributed by atoms with Crippen molar-refractivity contribution in [1.29, 1.82) is 0 Å². The molecular weight excluding hydrogens is 336 g/mol. The first-order valence-corrected chi connectivity index (χ1v) is 7.19. The van der Waals surface area contributed by atoms with Crippen molar-refractivity contribution in [3.8, 4) is 0 Å². The van der Waals surface area contributed by atoms with Gasteiger partial charge in [-0.05, 0) is 31.5 Å².